The highest BCUT2D eigenvalue weighted by Gasteiger charge is 2.26. The molecule has 0 aliphatic heterocycles. The molecule has 7 nitrogen and oxygen atoms in total. The van der Waals surface area contributed by atoms with Crippen LogP contribution in [-0.4, -0.2) is 49.0 Å². The highest BCUT2D eigenvalue weighted by atomic mass is 32.2. The lowest BCUT2D eigenvalue weighted by atomic mass is 9.81. The minimum absolute atomic E-state index is 0. The molecule has 1 amide bonds. The zero-order chi connectivity index (χ0) is 27.9. The van der Waals surface area contributed by atoms with E-state index in [-0.39, 0.29) is 25.1 Å². The lowest BCUT2D eigenvalue weighted by molar-refractivity contribution is -0.139. The predicted molar refractivity (Wildman–Crippen MR) is 159 cm³/mol. The molecule has 0 bridgehead atoms. The molecule has 0 spiro atoms. The first-order valence-corrected chi connectivity index (χ1v) is 15.6. The van der Waals surface area contributed by atoms with E-state index in [0.717, 1.165) is 40.8 Å². The lowest BCUT2D eigenvalue weighted by Gasteiger charge is -2.33. The quantitative estimate of drug-likeness (QED) is 0.306. The Hall–Kier alpha value is -2.71. The summed E-state index contributed by atoms with van der Waals surface area (Å²) in [5.74, 6) is -1.37. The third-order valence-corrected chi connectivity index (χ3v) is 8.42. The number of hydrogen-bond acceptors (Lipinski definition) is 5. The SMILES string of the molecule is C.Cc1ccccc1-c1cc(CNC(C)(C)CC2CCCCC2)ccc1C(=O)N[C@@H](CCS(C)(=O)=O)C(=O)O. The standard InChI is InChI=1S/C30H42N2O5S.CH4/c1-21-10-8-9-13-24(21)26-18-23(20-31-30(2,3)19-22-11-6-5-7-12-22)14-15-25(26)28(33)32-27(29(34)35)16-17-38(4,36)37;/h8-10,13-15,18,22,27,31H,5-7,11-12,16-17,19-20H2,1-4H3,(H,32,33)(H,34,35);1H4/t27-;/m0./s1. The first-order valence-electron chi connectivity index (χ1n) is 13.5. The normalized spacial score (nSPS) is 15.3. The number of carboxylic acid groups (broad SMARTS) is 1. The van der Waals surface area contributed by atoms with Gasteiger partial charge in [0.05, 0.1) is 5.75 Å². The van der Waals surface area contributed by atoms with Gasteiger partial charge in [-0.25, -0.2) is 13.2 Å². The van der Waals surface area contributed by atoms with Crippen molar-refractivity contribution in [1.82, 2.24) is 10.6 Å². The topological polar surface area (TPSA) is 113 Å². The van der Waals surface area contributed by atoms with Gasteiger partial charge in [-0.3, -0.25) is 4.79 Å². The number of carbonyl (C=O) groups excluding carboxylic acids is 1. The Kier molecular flexibility index (Phi) is 11.7. The summed E-state index contributed by atoms with van der Waals surface area (Å²) in [7, 11) is -3.37. The molecule has 2 aromatic rings. The average Bonchev–Trinajstić information content (AvgIpc) is 2.85. The fourth-order valence-electron chi connectivity index (χ4n) is 5.35. The minimum atomic E-state index is -3.37. The number of sulfone groups is 1. The molecular formula is C31H46N2O5S. The van der Waals surface area contributed by atoms with Crippen LogP contribution in [0.25, 0.3) is 11.1 Å². The van der Waals surface area contributed by atoms with Crippen LogP contribution in [0.1, 0.15) is 87.7 Å². The maximum atomic E-state index is 13.3. The molecule has 1 fully saturated rings. The van der Waals surface area contributed by atoms with Crippen LogP contribution in [0.15, 0.2) is 42.5 Å². The fraction of sp³-hybridized carbons (Fsp3) is 0.548. The zero-order valence-corrected chi connectivity index (χ0v) is 23.9. The van der Waals surface area contributed by atoms with Crippen molar-refractivity contribution in [3.8, 4) is 11.1 Å². The zero-order valence-electron chi connectivity index (χ0n) is 23.0. The largest absolute Gasteiger partial charge is 0.480 e. The van der Waals surface area contributed by atoms with E-state index in [0.29, 0.717) is 12.1 Å². The molecule has 1 aliphatic rings. The number of amides is 1. The third kappa shape index (κ3) is 10.1. The van der Waals surface area contributed by atoms with Gasteiger partial charge in [0.15, 0.2) is 0 Å². The molecular weight excluding hydrogens is 512 g/mol. The number of carbonyl (C=O) groups is 2. The minimum Gasteiger partial charge on any atom is -0.480 e. The van der Waals surface area contributed by atoms with Gasteiger partial charge in [-0.1, -0.05) is 69.9 Å². The summed E-state index contributed by atoms with van der Waals surface area (Å²) in [4.78, 5) is 25.1. The summed E-state index contributed by atoms with van der Waals surface area (Å²) < 4.78 is 23.1. The van der Waals surface area contributed by atoms with E-state index in [1.54, 1.807) is 6.07 Å². The van der Waals surface area contributed by atoms with Crippen molar-refractivity contribution in [1.29, 1.82) is 0 Å². The fourth-order valence-corrected chi connectivity index (χ4v) is 6.01. The second-order valence-electron chi connectivity index (χ2n) is 11.4. The maximum absolute atomic E-state index is 13.3. The van der Waals surface area contributed by atoms with Gasteiger partial charge in [0.25, 0.3) is 5.91 Å². The number of nitrogens with one attached hydrogen (secondary N) is 2. The van der Waals surface area contributed by atoms with Crippen LogP contribution in [0.3, 0.4) is 0 Å². The number of aliphatic carboxylic acids is 1. The van der Waals surface area contributed by atoms with Gasteiger partial charge in [0.2, 0.25) is 0 Å². The van der Waals surface area contributed by atoms with E-state index < -0.39 is 27.8 Å². The van der Waals surface area contributed by atoms with Crippen molar-refractivity contribution in [2.45, 2.75) is 91.3 Å². The van der Waals surface area contributed by atoms with Crippen LogP contribution < -0.4 is 10.6 Å². The molecule has 1 atom stereocenters. The van der Waals surface area contributed by atoms with Gasteiger partial charge in [0.1, 0.15) is 15.9 Å². The molecule has 1 aliphatic carbocycles. The molecule has 0 heterocycles. The summed E-state index contributed by atoms with van der Waals surface area (Å²) >= 11 is 0. The molecule has 39 heavy (non-hydrogen) atoms. The number of carboxylic acids is 1. The Labute approximate surface area is 234 Å². The van der Waals surface area contributed by atoms with Crippen LogP contribution in [0.5, 0.6) is 0 Å². The monoisotopic (exact) mass is 558 g/mol. The average molecular weight is 559 g/mol. The third-order valence-electron chi connectivity index (χ3n) is 7.44. The van der Waals surface area contributed by atoms with Crippen LogP contribution >= 0.6 is 0 Å². The van der Waals surface area contributed by atoms with Crippen molar-refractivity contribution in [3.05, 3.63) is 59.2 Å². The van der Waals surface area contributed by atoms with Gasteiger partial charge >= 0.3 is 5.97 Å². The van der Waals surface area contributed by atoms with Crippen LogP contribution in [-0.2, 0) is 21.2 Å². The first kappa shape index (κ1) is 32.5. The predicted octanol–water partition coefficient (Wildman–Crippen LogP) is 5.75. The number of hydrogen-bond donors (Lipinski definition) is 3. The molecule has 2 aromatic carbocycles. The Morgan fingerprint density at radius 1 is 1.05 bits per heavy atom. The number of benzene rings is 2. The van der Waals surface area contributed by atoms with E-state index >= 15 is 0 Å². The van der Waals surface area contributed by atoms with Gasteiger partial charge in [-0.2, -0.15) is 0 Å². The van der Waals surface area contributed by atoms with Crippen molar-refractivity contribution < 1.29 is 23.1 Å². The number of aryl methyl sites for hydroxylation is 1. The highest BCUT2D eigenvalue weighted by molar-refractivity contribution is 7.90. The molecule has 0 radical (unpaired) electrons. The second kappa shape index (κ2) is 14.1. The summed E-state index contributed by atoms with van der Waals surface area (Å²) in [5.41, 5.74) is 3.98. The van der Waals surface area contributed by atoms with Gasteiger partial charge < -0.3 is 15.7 Å². The van der Waals surface area contributed by atoms with E-state index in [1.165, 1.54) is 32.1 Å². The van der Waals surface area contributed by atoms with Gasteiger partial charge in [-0.05, 0) is 73.9 Å². The van der Waals surface area contributed by atoms with E-state index in [4.69, 9.17) is 0 Å². The lowest BCUT2D eigenvalue weighted by Crippen LogP contribution is -2.42. The van der Waals surface area contributed by atoms with Crippen molar-refractivity contribution >= 4 is 21.7 Å². The van der Waals surface area contributed by atoms with Gasteiger partial charge in [-0.15, -0.1) is 0 Å². The maximum Gasteiger partial charge on any atom is 0.326 e. The summed E-state index contributed by atoms with van der Waals surface area (Å²) in [6.07, 6.45) is 8.56. The Morgan fingerprint density at radius 2 is 1.72 bits per heavy atom. The summed E-state index contributed by atoms with van der Waals surface area (Å²) in [6, 6.07) is 12.1. The first-order chi connectivity index (χ1) is 17.8. The van der Waals surface area contributed by atoms with Gasteiger partial charge in [0, 0.05) is 23.9 Å². The van der Waals surface area contributed by atoms with Crippen molar-refractivity contribution in [3.63, 3.8) is 0 Å². The smallest absolute Gasteiger partial charge is 0.326 e. The van der Waals surface area contributed by atoms with Crippen LogP contribution in [0, 0.1) is 12.8 Å². The van der Waals surface area contributed by atoms with E-state index in [9.17, 15) is 23.1 Å². The Morgan fingerprint density at radius 3 is 2.33 bits per heavy atom. The van der Waals surface area contributed by atoms with Crippen molar-refractivity contribution in [2.75, 3.05) is 12.0 Å². The van der Waals surface area contributed by atoms with Crippen molar-refractivity contribution in [2.24, 2.45) is 5.92 Å². The molecule has 0 unspecified atom stereocenters. The molecule has 1 saturated carbocycles. The van der Waals surface area contributed by atoms with E-state index in [2.05, 4.69) is 24.5 Å². The Balaban J connectivity index is 0.00000533. The summed E-state index contributed by atoms with van der Waals surface area (Å²) in [6.45, 7) is 7.11. The second-order valence-corrected chi connectivity index (χ2v) is 13.7. The molecule has 3 N–H and O–H groups in total. The number of rotatable bonds is 12. The Bertz CT molecular complexity index is 1230. The molecule has 0 aromatic heterocycles. The molecule has 216 valence electrons. The van der Waals surface area contributed by atoms with Crippen LogP contribution in [0.2, 0.25) is 0 Å². The molecule has 0 saturated heterocycles. The molecule has 3 rings (SSSR count). The molecule has 8 heteroatoms. The van der Waals surface area contributed by atoms with Crippen LogP contribution in [0.4, 0.5) is 0 Å². The summed E-state index contributed by atoms with van der Waals surface area (Å²) in [5, 5.41) is 15.8. The highest BCUT2D eigenvalue weighted by Crippen LogP contribution is 2.31. The van der Waals surface area contributed by atoms with E-state index in [1.807, 2.05) is 43.3 Å².